The van der Waals surface area contributed by atoms with Gasteiger partial charge in [0.15, 0.2) is 0 Å². The lowest BCUT2D eigenvalue weighted by atomic mass is 9.86. The first-order valence-electron chi connectivity index (χ1n) is 7.39. The van der Waals surface area contributed by atoms with Gasteiger partial charge in [0, 0.05) is 26.7 Å². The molecule has 1 heterocycles. The Hall–Kier alpha value is -1.63. The molecule has 0 N–H and O–H groups in total. The molecule has 0 bridgehead atoms. The van der Waals surface area contributed by atoms with Crippen LogP contribution in [0.15, 0.2) is 0 Å². The predicted octanol–water partition coefficient (Wildman–Crippen LogP) is 1.23. The van der Waals surface area contributed by atoms with Crippen LogP contribution in [0.4, 0.5) is 0 Å². The fraction of sp³-hybridized carbons (Fsp3) is 0.800. The minimum absolute atomic E-state index is 0.0130. The van der Waals surface area contributed by atoms with E-state index in [2.05, 4.69) is 0 Å². The first-order chi connectivity index (χ1) is 10.3. The highest BCUT2D eigenvalue weighted by Gasteiger charge is 2.46. The van der Waals surface area contributed by atoms with Crippen molar-refractivity contribution < 1.29 is 33.3 Å². The van der Waals surface area contributed by atoms with Crippen LogP contribution in [-0.4, -0.2) is 48.9 Å². The maximum atomic E-state index is 11.3. The number of hydrogen-bond donors (Lipinski definition) is 0. The number of rotatable bonds is 5. The molecule has 7 heteroatoms. The molecule has 0 aromatic heterocycles. The van der Waals surface area contributed by atoms with Crippen LogP contribution in [0.1, 0.15) is 41.0 Å². The van der Waals surface area contributed by atoms with Gasteiger partial charge in [0.1, 0.15) is 24.9 Å². The summed E-state index contributed by atoms with van der Waals surface area (Å²) in [6, 6.07) is 0. The van der Waals surface area contributed by atoms with Crippen LogP contribution in [0.3, 0.4) is 0 Å². The summed E-state index contributed by atoms with van der Waals surface area (Å²) in [5.41, 5.74) is 0. The summed E-state index contributed by atoms with van der Waals surface area (Å²) in [6.45, 7) is 7.64. The van der Waals surface area contributed by atoms with Gasteiger partial charge in [-0.15, -0.1) is 0 Å². The third-order valence-corrected chi connectivity index (χ3v) is 3.58. The van der Waals surface area contributed by atoms with Gasteiger partial charge in [0.2, 0.25) is 0 Å². The monoisotopic (exact) mass is 316 g/mol. The third-order valence-electron chi connectivity index (χ3n) is 3.58. The second-order valence-electron chi connectivity index (χ2n) is 5.43. The van der Waals surface area contributed by atoms with Crippen LogP contribution in [-0.2, 0) is 33.3 Å². The Bertz CT molecular complexity index is 418. The van der Waals surface area contributed by atoms with Crippen LogP contribution >= 0.6 is 0 Å². The van der Waals surface area contributed by atoms with Crippen molar-refractivity contribution in [3.8, 4) is 0 Å². The molecule has 0 aromatic carbocycles. The SMILES string of the molecule is CC[C@H]1OC(COC(C)=O)[C@H](OC(C)=O)[C@H](C)C1OC(C)=O. The van der Waals surface area contributed by atoms with Gasteiger partial charge in [0.05, 0.1) is 6.10 Å². The molecule has 7 nitrogen and oxygen atoms in total. The number of carbonyl (C=O) groups excluding carboxylic acids is 3. The van der Waals surface area contributed by atoms with Gasteiger partial charge in [0.25, 0.3) is 0 Å². The molecule has 126 valence electrons. The highest BCUT2D eigenvalue weighted by Crippen LogP contribution is 2.32. The second kappa shape index (κ2) is 8.12. The zero-order chi connectivity index (χ0) is 16.9. The summed E-state index contributed by atoms with van der Waals surface area (Å²) >= 11 is 0. The molecular formula is C15H24O7. The smallest absolute Gasteiger partial charge is 0.303 e. The van der Waals surface area contributed by atoms with Crippen molar-refractivity contribution in [2.45, 2.75) is 65.5 Å². The minimum atomic E-state index is -0.649. The molecule has 0 saturated carbocycles. The normalized spacial score (nSPS) is 31.2. The molecule has 1 aliphatic rings. The molecule has 22 heavy (non-hydrogen) atoms. The van der Waals surface area contributed by atoms with E-state index in [-0.39, 0.29) is 18.6 Å². The van der Waals surface area contributed by atoms with Crippen molar-refractivity contribution in [3.63, 3.8) is 0 Å². The Kier molecular flexibility index (Phi) is 6.80. The first kappa shape index (κ1) is 18.4. The van der Waals surface area contributed by atoms with Crippen molar-refractivity contribution in [3.05, 3.63) is 0 Å². The zero-order valence-corrected chi connectivity index (χ0v) is 13.7. The topological polar surface area (TPSA) is 88.1 Å². The summed E-state index contributed by atoms with van der Waals surface area (Å²) < 4.78 is 21.5. The molecule has 1 rings (SSSR count). The molecule has 0 aromatic rings. The number of carbonyl (C=O) groups is 3. The van der Waals surface area contributed by atoms with Gasteiger partial charge in [-0.1, -0.05) is 13.8 Å². The van der Waals surface area contributed by atoms with Crippen molar-refractivity contribution in [2.75, 3.05) is 6.61 Å². The Morgan fingerprint density at radius 1 is 0.909 bits per heavy atom. The van der Waals surface area contributed by atoms with Crippen LogP contribution < -0.4 is 0 Å². The maximum absolute atomic E-state index is 11.3. The summed E-state index contributed by atoms with van der Waals surface area (Å²) in [5, 5.41) is 0. The average molecular weight is 316 g/mol. The van der Waals surface area contributed by atoms with Crippen molar-refractivity contribution in [1.82, 2.24) is 0 Å². The highest BCUT2D eigenvalue weighted by atomic mass is 16.6. The van der Waals surface area contributed by atoms with Crippen LogP contribution in [0.2, 0.25) is 0 Å². The summed E-state index contributed by atoms with van der Waals surface area (Å²) in [7, 11) is 0. The van der Waals surface area contributed by atoms with E-state index in [1.807, 2.05) is 13.8 Å². The van der Waals surface area contributed by atoms with Gasteiger partial charge >= 0.3 is 17.9 Å². The molecule has 1 saturated heterocycles. The summed E-state index contributed by atoms with van der Waals surface area (Å²) in [5.74, 6) is -1.59. The average Bonchev–Trinajstić information content (AvgIpc) is 2.41. The molecule has 0 radical (unpaired) electrons. The Labute approximate surface area is 130 Å². The Morgan fingerprint density at radius 3 is 1.82 bits per heavy atom. The van der Waals surface area contributed by atoms with Crippen LogP contribution in [0.5, 0.6) is 0 Å². The van der Waals surface area contributed by atoms with Crippen molar-refractivity contribution >= 4 is 17.9 Å². The molecule has 1 aliphatic heterocycles. The third kappa shape index (κ3) is 4.98. The largest absolute Gasteiger partial charge is 0.463 e. The number of ether oxygens (including phenoxy) is 4. The van der Waals surface area contributed by atoms with Gasteiger partial charge in [-0.3, -0.25) is 14.4 Å². The molecule has 1 fully saturated rings. The van der Waals surface area contributed by atoms with E-state index in [9.17, 15) is 14.4 Å². The van der Waals surface area contributed by atoms with Gasteiger partial charge < -0.3 is 18.9 Å². The van der Waals surface area contributed by atoms with E-state index in [1.54, 1.807) is 0 Å². The number of hydrogen-bond acceptors (Lipinski definition) is 7. The van der Waals surface area contributed by atoms with Gasteiger partial charge in [-0.05, 0) is 6.42 Å². The van der Waals surface area contributed by atoms with E-state index >= 15 is 0 Å². The van der Waals surface area contributed by atoms with E-state index < -0.39 is 36.2 Å². The molecule has 2 unspecified atom stereocenters. The van der Waals surface area contributed by atoms with E-state index in [0.717, 1.165) is 0 Å². The van der Waals surface area contributed by atoms with E-state index in [4.69, 9.17) is 18.9 Å². The molecule has 0 amide bonds. The van der Waals surface area contributed by atoms with Crippen LogP contribution in [0.25, 0.3) is 0 Å². The zero-order valence-electron chi connectivity index (χ0n) is 13.7. The fourth-order valence-corrected chi connectivity index (χ4v) is 2.66. The minimum Gasteiger partial charge on any atom is -0.463 e. The molecule has 0 spiro atoms. The van der Waals surface area contributed by atoms with Gasteiger partial charge in [-0.2, -0.15) is 0 Å². The Morgan fingerprint density at radius 2 is 1.41 bits per heavy atom. The molecule has 5 atom stereocenters. The lowest BCUT2D eigenvalue weighted by Crippen LogP contribution is -2.57. The predicted molar refractivity (Wildman–Crippen MR) is 75.9 cm³/mol. The molecular weight excluding hydrogens is 292 g/mol. The Balaban J connectivity index is 2.94. The van der Waals surface area contributed by atoms with E-state index in [0.29, 0.717) is 6.42 Å². The summed E-state index contributed by atoms with van der Waals surface area (Å²) in [4.78, 5) is 33.6. The molecule has 0 aliphatic carbocycles. The van der Waals surface area contributed by atoms with Crippen LogP contribution in [0, 0.1) is 5.92 Å². The standard InChI is InChI=1S/C15H24O7/c1-6-12-14(20-10(4)17)8(2)15(21-11(5)18)13(22-12)7-19-9(3)16/h8,12-15H,6-7H2,1-5H3/t8-,12-,13?,14?,15-/m1/s1. The number of esters is 3. The second-order valence-corrected chi connectivity index (χ2v) is 5.43. The van der Waals surface area contributed by atoms with Crippen molar-refractivity contribution in [1.29, 1.82) is 0 Å². The lowest BCUT2D eigenvalue weighted by molar-refractivity contribution is -0.229. The quantitative estimate of drug-likeness (QED) is 0.556. The fourth-order valence-electron chi connectivity index (χ4n) is 2.66. The highest BCUT2D eigenvalue weighted by molar-refractivity contribution is 5.67. The van der Waals surface area contributed by atoms with Crippen molar-refractivity contribution in [2.24, 2.45) is 5.92 Å². The van der Waals surface area contributed by atoms with Gasteiger partial charge in [-0.25, -0.2) is 0 Å². The summed E-state index contributed by atoms with van der Waals surface area (Å²) in [6.07, 6.45) is -1.47. The first-order valence-corrected chi connectivity index (χ1v) is 7.39. The maximum Gasteiger partial charge on any atom is 0.303 e. The van der Waals surface area contributed by atoms with E-state index in [1.165, 1.54) is 20.8 Å². The lowest BCUT2D eigenvalue weighted by Gasteiger charge is -2.44.